The molecule has 0 aliphatic carbocycles. The van der Waals surface area contributed by atoms with Gasteiger partial charge in [0, 0.05) is 0 Å². The van der Waals surface area contributed by atoms with E-state index < -0.39 is 0 Å². The summed E-state index contributed by atoms with van der Waals surface area (Å²) < 4.78 is 0. The van der Waals surface area contributed by atoms with Crippen molar-refractivity contribution in [1.82, 2.24) is 0 Å². The minimum absolute atomic E-state index is 0. The zero-order valence-corrected chi connectivity index (χ0v) is 4.14. The van der Waals surface area contributed by atoms with E-state index in [1.807, 2.05) is 0 Å². The summed E-state index contributed by atoms with van der Waals surface area (Å²) in [6.45, 7) is 0. The summed E-state index contributed by atoms with van der Waals surface area (Å²) in [4.78, 5) is 0. The predicted molar refractivity (Wildman–Crippen MR) is 5.81 cm³/mol. The minimum atomic E-state index is 0. The van der Waals surface area contributed by atoms with Crippen LogP contribution in [0.3, 0.4) is 0 Å². The van der Waals surface area contributed by atoms with Gasteiger partial charge in [-0.05, 0) is 0 Å². The second-order valence-corrected chi connectivity index (χ2v) is 0. The number of hydrogen-bond donors (Lipinski definition) is 0. The second-order valence-electron chi connectivity index (χ2n) is 0. The minimum Gasteiger partial charge on any atom is -0.870 e. The molecule has 3 nitrogen and oxygen atoms in total. The van der Waals surface area contributed by atoms with Crippen LogP contribution in [0.2, 0.25) is 0 Å². The van der Waals surface area contributed by atoms with Crippen molar-refractivity contribution in [1.29, 1.82) is 0 Å². The average molecular weight is 203 g/mol. The van der Waals surface area contributed by atoms with E-state index in [2.05, 4.69) is 0 Å². The Hall–Kier alpha value is 1.46. The van der Waals surface area contributed by atoms with Crippen molar-refractivity contribution in [3.8, 4) is 0 Å². The summed E-state index contributed by atoms with van der Waals surface area (Å²) in [5.74, 6) is 0. The van der Waals surface area contributed by atoms with Crippen LogP contribution in [0.1, 0.15) is 0 Å². The van der Waals surface area contributed by atoms with Gasteiger partial charge in [-0.2, -0.15) is 0 Å². The van der Waals surface area contributed by atoms with Crippen molar-refractivity contribution in [2.75, 3.05) is 0 Å². The Kier molecular flexibility index (Phi) is 317. The molecule has 0 aromatic rings. The largest absolute Gasteiger partial charge is 3.00 e. The maximum Gasteiger partial charge on any atom is 3.00 e. The Balaban J connectivity index is 0. The molecule has 0 saturated carbocycles. The van der Waals surface area contributed by atoms with Crippen LogP contribution in [-0.2, 0) is 0 Å². The quantitative estimate of drug-likeness (QED) is 0.529. The summed E-state index contributed by atoms with van der Waals surface area (Å²) in [6, 6.07) is 0. The molecule has 0 aliphatic rings. The van der Waals surface area contributed by atoms with Crippen LogP contribution in [0.5, 0.6) is 0 Å². The molecule has 0 spiro atoms. The molecule has 0 amide bonds. The van der Waals surface area contributed by atoms with Gasteiger partial charge in [0.1, 0.15) is 0 Å². The predicted octanol–water partition coefficient (Wildman–Crippen LogP) is -0.530. The molecule has 4 heavy (non-hydrogen) atoms. The molecule has 0 aromatic heterocycles. The molecule has 0 heterocycles. The van der Waals surface area contributed by atoms with Gasteiger partial charge >= 0.3 is 49.4 Å². The van der Waals surface area contributed by atoms with E-state index in [1.54, 1.807) is 0 Å². The average Bonchev–Trinajstić information content (AvgIpc) is 0. The van der Waals surface area contributed by atoms with Gasteiger partial charge in [-0.15, -0.1) is 0 Å². The standard InChI is InChI=1S/Eu.3H2O/h;3*1H2/q+3;;;/p-3. The number of hydrogen-bond acceptors (Lipinski definition) is 3. The molecular weight excluding hydrogens is 200 g/mol. The monoisotopic (exact) mass is 204 g/mol. The summed E-state index contributed by atoms with van der Waals surface area (Å²) in [5, 5.41) is 0. The van der Waals surface area contributed by atoms with Crippen LogP contribution < -0.4 is 0 Å². The van der Waals surface area contributed by atoms with Crippen LogP contribution in [0, 0.1) is 49.4 Å². The third kappa shape index (κ3) is 9.81. The maximum atomic E-state index is 0. The molecular formula is H3EuO3. The Labute approximate surface area is 64.9 Å². The summed E-state index contributed by atoms with van der Waals surface area (Å²) in [7, 11) is 0. The van der Waals surface area contributed by atoms with E-state index >= 15 is 0 Å². The molecule has 28 valence electrons. The second kappa shape index (κ2) is 25.0. The zero-order valence-electron chi connectivity index (χ0n) is 1.72. The smallest absolute Gasteiger partial charge is 0.870 e. The fourth-order valence-corrected chi connectivity index (χ4v) is 0. The van der Waals surface area contributed by atoms with Gasteiger partial charge in [-0.1, -0.05) is 0 Å². The van der Waals surface area contributed by atoms with E-state index in [0.717, 1.165) is 0 Å². The maximum absolute atomic E-state index is 0. The molecule has 0 unspecified atom stereocenters. The first-order valence-corrected chi connectivity index (χ1v) is 0. The van der Waals surface area contributed by atoms with Gasteiger partial charge in [0.05, 0.1) is 0 Å². The topological polar surface area (TPSA) is 90.0 Å². The molecule has 4 heteroatoms. The molecule has 3 N–H and O–H groups in total. The molecule has 0 rings (SSSR count). The van der Waals surface area contributed by atoms with Gasteiger partial charge in [0.2, 0.25) is 0 Å². The van der Waals surface area contributed by atoms with Crippen molar-refractivity contribution in [2.24, 2.45) is 0 Å². The van der Waals surface area contributed by atoms with Gasteiger partial charge in [0.25, 0.3) is 0 Å². The van der Waals surface area contributed by atoms with Crippen molar-refractivity contribution in [2.45, 2.75) is 0 Å². The Morgan fingerprint density at radius 3 is 0.500 bits per heavy atom. The third-order valence-electron chi connectivity index (χ3n) is 0. The van der Waals surface area contributed by atoms with E-state index in [1.165, 1.54) is 0 Å². The van der Waals surface area contributed by atoms with Crippen molar-refractivity contribution < 1.29 is 65.8 Å². The van der Waals surface area contributed by atoms with E-state index in [4.69, 9.17) is 0 Å². The van der Waals surface area contributed by atoms with E-state index in [9.17, 15) is 0 Å². The molecule has 0 aliphatic heterocycles. The van der Waals surface area contributed by atoms with Crippen LogP contribution in [0.4, 0.5) is 0 Å². The van der Waals surface area contributed by atoms with E-state index in [0.29, 0.717) is 0 Å². The van der Waals surface area contributed by atoms with Crippen LogP contribution in [-0.4, -0.2) is 16.4 Å². The summed E-state index contributed by atoms with van der Waals surface area (Å²) in [6.07, 6.45) is 0. The Morgan fingerprint density at radius 1 is 0.500 bits per heavy atom. The first kappa shape index (κ1) is 50.8. The van der Waals surface area contributed by atoms with Gasteiger partial charge in [0.15, 0.2) is 0 Å². The fourth-order valence-electron chi connectivity index (χ4n) is 0. The molecule has 0 radical (unpaired) electrons. The van der Waals surface area contributed by atoms with Crippen molar-refractivity contribution >= 4 is 0 Å². The Bertz CT molecular complexity index is 3.25. The summed E-state index contributed by atoms with van der Waals surface area (Å²) in [5.41, 5.74) is 0. The Morgan fingerprint density at radius 2 is 0.500 bits per heavy atom. The zero-order chi connectivity index (χ0) is 0. The molecule has 0 aromatic carbocycles. The first-order chi connectivity index (χ1) is 0. The van der Waals surface area contributed by atoms with E-state index in [-0.39, 0.29) is 65.8 Å². The van der Waals surface area contributed by atoms with Crippen LogP contribution >= 0.6 is 0 Å². The van der Waals surface area contributed by atoms with Crippen LogP contribution in [0.25, 0.3) is 0 Å². The van der Waals surface area contributed by atoms with Crippen molar-refractivity contribution in [3.05, 3.63) is 0 Å². The normalized spacial score (nSPS) is 0. The SMILES string of the molecule is [Eu+3].[OH-].[OH-].[OH-]. The molecule has 0 bridgehead atoms. The third-order valence-corrected chi connectivity index (χ3v) is 0. The van der Waals surface area contributed by atoms with Gasteiger partial charge in [-0.3, -0.25) is 0 Å². The van der Waals surface area contributed by atoms with Gasteiger partial charge in [-0.25, -0.2) is 0 Å². The molecule has 0 atom stereocenters. The number of rotatable bonds is 0. The fraction of sp³-hybridized carbons (Fsp3) is 0. The molecule has 0 saturated heterocycles. The van der Waals surface area contributed by atoms with Crippen LogP contribution in [0.15, 0.2) is 0 Å². The van der Waals surface area contributed by atoms with Crippen molar-refractivity contribution in [3.63, 3.8) is 0 Å². The molecule has 0 fully saturated rings. The summed E-state index contributed by atoms with van der Waals surface area (Å²) >= 11 is 0. The van der Waals surface area contributed by atoms with Gasteiger partial charge < -0.3 is 16.4 Å². The first-order valence-electron chi connectivity index (χ1n) is 0.